The van der Waals surface area contributed by atoms with E-state index in [0.29, 0.717) is 28.1 Å². The van der Waals surface area contributed by atoms with Gasteiger partial charge in [0.15, 0.2) is 0 Å². The molecular weight excluding hydrogens is 420 g/mol. The molecular formula is C23H19F2N3O2S. The number of benzene rings is 3. The van der Waals surface area contributed by atoms with E-state index in [0.717, 1.165) is 5.56 Å². The number of rotatable bonds is 5. The van der Waals surface area contributed by atoms with Gasteiger partial charge in [0.25, 0.3) is 6.43 Å². The lowest BCUT2D eigenvalue weighted by Crippen LogP contribution is -2.11. The first-order chi connectivity index (χ1) is 14.8. The molecule has 4 aromatic rings. The van der Waals surface area contributed by atoms with E-state index in [1.54, 1.807) is 54.6 Å². The molecule has 0 amide bonds. The number of hydrogen-bond acceptors (Lipinski definition) is 3. The molecule has 0 aliphatic rings. The Hall–Kier alpha value is -3.36. The van der Waals surface area contributed by atoms with Crippen molar-refractivity contribution in [3.05, 3.63) is 90.1 Å². The van der Waals surface area contributed by atoms with E-state index >= 15 is 0 Å². The van der Waals surface area contributed by atoms with Gasteiger partial charge < -0.3 is 0 Å². The van der Waals surface area contributed by atoms with Crippen LogP contribution in [0.3, 0.4) is 0 Å². The molecule has 4 rings (SSSR count). The number of aromatic nitrogens is 2. The zero-order chi connectivity index (χ0) is 22.2. The molecule has 5 nitrogen and oxygen atoms in total. The zero-order valence-electron chi connectivity index (χ0n) is 16.5. The first-order valence-corrected chi connectivity index (χ1v) is 11.0. The second-order valence-electron chi connectivity index (χ2n) is 7.09. The van der Waals surface area contributed by atoms with E-state index in [1.165, 1.54) is 16.8 Å². The lowest BCUT2D eigenvalue weighted by atomic mass is 9.98. The van der Waals surface area contributed by atoms with Crippen LogP contribution in [0.1, 0.15) is 17.7 Å². The van der Waals surface area contributed by atoms with Gasteiger partial charge in [0.1, 0.15) is 5.69 Å². The number of halogens is 2. The second-order valence-corrected chi connectivity index (χ2v) is 8.65. The SMILES string of the molecule is Cc1ccc(-n2nc(C(F)F)c(-c3ccccc3)c2-c2ccc(S(N)(=O)=O)cc2)cc1. The van der Waals surface area contributed by atoms with Crippen LogP contribution in [-0.2, 0) is 10.0 Å². The Morgan fingerprint density at radius 3 is 2.03 bits per heavy atom. The van der Waals surface area contributed by atoms with Crippen molar-refractivity contribution in [2.75, 3.05) is 0 Å². The van der Waals surface area contributed by atoms with Gasteiger partial charge in [0, 0.05) is 11.1 Å². The van der Waals surface area contributed by atoms with E-state index < -0.39 is 16.4 Å². The third-order valence-electron chi connectivity index (χ3n) is 4.92. The van der Waals surface area contributed by atoms with Crippen molar-refractivity contribution in [2.24, 2.45) is 5.14 Å². The van der Waals surface area contributed by atoms with Crippen LogP contribution in [0.25, 0.3) is 28.1 Å². The van der Waals surface area contributed by atoms with Gasteiger partial charge in [-0.3, -0.25) is 0 Å². The average molecular weight is 439 g/mol. The molecule has 0 spiro atoms. The molecule has 0 fully saturated rings. The predicted molar refractivity (Wildman–Crippen MR) is 116 cm³/mol. The topological polar surface area (TPSA) is 78.0 Å². The largest absolute Gasteiger partial charge is 0.282 e. The quantitative estimate of drug-likeness (QED) is 0.470. The molecule has 3 aromatic carbocycles. The summed E-state index contributed by atoms with van der Waals surface area (Å²) in [5.74, 6) is 0. The summed E-state index contributed by atoms with van der Waals surface area (Å²) >= 11 is 0. The van der Waals surface area contributed by atoms with Crippen molar-refractivity contribution in [2.45, 2.75) is 18.2 Å². The molecule has 0 saturated carbocycles. The average Bonchev–Trinajstić information content (AvgIpc) is 3.15. The lowest BCUT2D eigenvalue weighted by molar-refractivity contribution is 0.146. The maximum atomic E-state index is 14.1. The van der Waals surface area contributed by atoms with Crippen molar-refractivity contribution >= 4 is 10.0 Å². The molecule has 0 radical (unpaired) electrons. The first kappa shape index (κ1) is 20.9. The highest BCUT2D eigenvalue weighted by Gasteiger charge is 2.27. The van der Waals surface area contributed by atoms with Crippen molar-refractivity contribution in [3.8, 4) is 28.1 Å². The highest BCUT2D eigenvalue weighted by molar-refractivity contribution is 7.89. The van der Waals surface area contributed by atoms with Crippen LogP contribution in [0.5, 0.6) is 0 Å². The summed E-state index contributed by atoms with van der Waals surface area (Å²) in [4.78, 5) is -0.0620. The molecule has 1 heterocycles. The number of nitrogens with two attached hydrogens (primary N) is 1. The third kappa shape index (κ3) is 4.12. The van der Waals surface area contributed by atoms with E-state index in [-0.39, 0.29) is 10.6 Å². The molecule has 0 saturated heterocycles. The maximum Gasteiger partial charge on any atom is 0.282 e. The Morgan fingerprint density at radius 1 is 0.871 bits per heavy atom. The van der Waals surface area contributed by atoms with Gasteiger partial charge in [-0.2, -0.15) is 5.10 Å². The molecule has 1 aromatic heterocycles. The normalized spacial score (nSPS) is 11.8. The molecule has 0 atom stereocenters. The van der Waals surface area contributed by atoms with Gasteiger partial charge in [-0.1, -0.05) is 60.2 Å². The fourth-order valence-corrected chi connectivity index (χ4v) is 3.93. The van der Waals surface area contributed by atoms with E-state index in [9.17, 15) is 17.2 Å². The minimum Gasteiger partial charge on any atom is -0.232 e. The minimum atomic E-state index is -3.88. The van der Waals surface area contributed by atoms with Gasteiger partial charge in [-0.05, 0) is 36.8 Å². The summed E-state index contributed by atoms with van der Waals surface area (Å²) in [7, 11) is -3.88. The second kappa shape index (κ2) is 8.05. The fraction of sp³-hybridized carbons (Fsp3) is 0.0870. The summed E-state index contributed by atoms with van der Waals surface area (Å²) in [6.45, 7) is 1.93. The Bertz CT molecular complexity index is 1320. The van der Waals surface area contributed by atoms with Crippen LogP contribution < -0.4 is 5.14 Å². The Balaban J connectivity index is 2.03. The van der Waals surface area contributed by atoms with Crippen LogP contribution in [0.4, 0.5) is 8.78 Å². The summed E-state index contributed by atoms with van der Waals surface area (Å²) in [6, 6.07) is 22.0. The van der Waals surface area contributed by atoms with E-state index in [4.69, 9.17) is 5.14 Å². The lowest BCUT2D eigenvalue weighted by Gasteiger charge is -2.11. The number of aryl methyl sites for hydroxylation is 1. The van der Waals surface area contributed by atoms with Crippen molar-refractivity contribution in [1.82, 2.24) is 9.78 Å². The number of alkyl halides is 2. The van der Waals surface area contributed by atoms with Gasteiger partial charge in [-0.15, -0.1) is 0 Å². The minimum absolute atomic E-state index is 0.0620. The van der Waals surface area contributed by atoms with Crippen LogP contribution in [0.15, 0.2) is 83.8 Å². The number of primary sulfonamides is 1. The number of hydrogen-bond donors (Lipinski definition) is 1. The zero-order valence-corrected chi connectivity index (χ0v) is 17.4. The molecule has 0 aliphatic carbocycles. The molecule has 2 N–H and O–H groups in total. The smallest absolute Gasteiger partial charge is 0.232 e. The monoisotopic (exact) mass is 439 g/mol. The van der Waals surface area contributed by atoms with Crippen molar-refractivity contribution in [3.63, 3.8) is 0 Å². The highest BCUT2D eigenvalue weighted by Crippen LogP contribution is 2.40. The molecule has 8 heteroatoms. The number of sulfonamides is 1. The standard InChI is InChI=1S/C23H19F2N3O2S/c1-15-7-11-18(12-8-15)28-22(17-9-13-19(14-10-17)31(26,29)30)20(21(27-28)23(24)25)16-5-3-2-4-6-16/h2-14,23H,1H3,(H2,26,29,30). The predicted octanol–water partition coefficient (Wildman–Crippen LogP) is 5.10. The summed E-state index contributed by atoms with van der Waals surface area (Å²) in [5.41, 5.74) is 3.13. The van der Waals surface area contributed by atoms with Crippen LogP contribution in [-0.4, -0.2) is 18.2 Å². The van der Waals surface area contributed by atoms with Crippen LogP contribution in [0, 0.1) is 6.92 Å². The summed E-state index contributed by atoms with van der Waals surface area (Å²) in [6.07, 6.45) is -2.80. The Kier molecular flexibility index (Phi) is 5.43. The van der Waals surface area contributed by atoms with Crippen LogP contribution >= 0.6 is 0 Å². The Labute approximate surface area is 178 Å². The molecule has 0 aliphatic heterocycles. The molecule has 158 valence electrons. The van der Waals surface area contributed by atoms with Crippen molar-refractivity contribution < 1.29 is 17.2 Å². The van der Waals surface area contributed by atoms with Gasteiger partial charge in [0.05, 0.1) is 16.3 Å². The van der Waals surface area contributed by atoms with Gasteiger partial charge in [0.2, 0.25) is 10.0 Å². The fourth-order valence-electron chi connectivity index (χ4n) is 3.42. The summed E-state index contributed by atoms with van der Waals surface area (Å²) in [5, 5.41) is 9.46. The molecule has 0 bridgehead atoms. The third-order valence-corrected chi connectivity index (χ3v) is 5.85. The van der Waals surface area contributed by atoms with Gasteiger partial charge >= 0.3 is 0 Å². The first-order valence-electron chi connectivity index (χ1n) is 9.42. The number of nitrogens with zero attached hydrogens (tertiary/aromatic N) is 2. The maximum absolute atomic E-state index is 14.1. The van der Waals surface area contributed by atoms with E-state index in [2.05, 4.69) is 5.10 Å². The van der Waals surface area contributed by atoms with E-state index in [1.807, 2.05) is 19.1 Å². The Morgan fingerprint density at radius 2 is 1.48 bits per heavy atom. The molecule has 31 heavy (non-hydrogen) atoms. The molecule has 0 unspecified atom stereocenters. The highest BCUT2D eigenvalue weighted by atomic mass is 32.2. The van der Waals surface area contributed by atoms with Gasteiger partial charge in [-0.25, -0.2) is 27.0 Å². The van der Waals surface area contributed by atoms with Crippen LogP contribution in [0.2, 0.25) is 0 Å². The van der Waals surface area contributed by atoms with Crippen molar-refractivity contribution in [1.29, 1.82) is 0 Å². The summed E-state index contributed by atoms with van der Waals surface area (Å²) < 4.78 is 52.9.